The molecule has 0 fully saturated rings. The van der Waals surface area contributed by atoms with Gasteiger partial charge in [-0.15, -0.1) is 0 Å². The Labute approximate surface area is 101 Å². The molecule has 8 heteroatoms. The van der Waals surface area contributed by atoms with Crippen molar-refractivity contribution in [2.45, 2.75) is 18.4 Å². The van der Waals surface area contributed by atoms with Crippen LogP contribution in [0.2, 0.25) is 0 Å². The van der Waals surface area contributed by atoms with Gasteiger partial charge in [0.25, 0.3) is 0 Å². The number of likely N-dealkylation sites (N-methyl/N-ethyl adjacent to an activating group) is 1. The van der Waals surface area contributed by atoms with Crippen molar-refractivity contribution in [2.75, 3.05) is 33.0 Å². The second-order valence-corrected chi connectivity index (χ2v) is 5.57. The van der Waals surface area contributed by atoms with Gasteiger partial charge in [0.15, 0.2) is 5.82 Å². The number of hydrogen-bond donors (Lipinski definition) is 1. The number of ether oxygens (including phenoxy) is 1. The summed E-state index contributed by atoms with van der Waals surface area (Å²) in [6, 6.07) is 0. The fourth-order valence-corrected chi connectivity index (χ4v) is 2.50. The third-order valence-corrected chi connectivity index (χ3v) is 4.25. The zero-order valence-electron chi connectivity index (χ0n) is 10.3. The molecule has 0 aliphatic rings. The van der Waals surface area contributed by atoms with Crippen molar-refractivity contribution in [1.82, 2.24) is 14.1 Å². The first-order valence-electron chi connectivity index (χ1n) is 5.21. The molecule has 0 aromatic carbocycles. The van der Waals surface area contributed by atoms with Crippen LogP contribution < -0.4 is 5.73 Å². The summed E-state index contributed by atoms with van der Waals surface area (Å²) >= 11 is 0. The predicted octanol–water partition coefficient (Wildman–Crippen LogP) is -0.248. The Morgan fingerprint density at radius 3 is 2.71 bits per heavy atom. The minimum absolute atomic E-state index is 0.0242. The normalized spacial score (nSPS) is 12.2. The second kappa shape index (κ2) is 5.48. The summed E-state index contributed by atoms with van der Waals surface area (Å²) in [6.07, 6.45) is 1.44. The maximum atomic E-state index is 12.1. The third-order valence-electron chi connectivity index (χ3n) is 2.38. The van der Waals surface area contributed by atoms with Crippen LogP contribution in [0, 0.1) is 0 Å². The maximum absolute atomic E-state index is 12.1. The van der Waals surface area contributed by atoms with E-state index in [9.17, 15) is 8.42 Å². The van der Waals surface area contributed by atoms with Gasteiger partial charge in [-0.25, -0.2) is 8.42 Å². The minimum Gasteiger partial charge on any atom is -0.383 e. The van der Waals surface area contributed by atoms with Crippen LogP contribution in [0.3, 0.4) is 0 Å². The molecule has 2 N–H and O–H groups in total. The van der Waals surface area contributed by atoms with Crippen molar-refractivity contribution < 1.29 is 13.2 Å². The molecule has 1 aromatic rings. The molecule has 0 bridgehead atoms. The van der Waals surface area contributed by atoms with Crippen molar-refractivity contribution in [1.29, 1.82) is 0 Å². The summed E-state index contributed by atoms with van der Waals surface area (Å²) in [5.41, 5.74) is 5.60. The largest absolute Gasteiger partial charge is 0.383 e. The average molecular weight is 262 g/mol. The van der Waals surface area contributed by atoms with E-state index in [1.165, 1.54) is 29.3 Å². The molecular formula is C9H18N4O3S. The lowest BCUT2D eigenvalue weighted by Gasteiger charge is -2.15. The molecule has 1 rings (SSSR count). The molecule has 1 heterocycles. The fraction of sp³-hybridized carbons (Fsp3) is 0.667. The SMILES string of the molecule is CCn1cc(S(=O)(=O)N(C)CCOC)c(N)n1. The summed E-state index contributed by atoms with van der Waals surface area (Å²) in [5, 5.41) is 3.92. The van der Waals surface area contributed by atoms with Gasteiger partial charge in [0.2, 0.25) is 10.0 Å². The Morgan fingerprint density at radius 1 is 1.59 bits per heavy atom. The Bertz CT molecular complexity index is 469. The highest BCUT2D eigenvalue weighted by Gasteiger charge is 2.25. The third kappa shape index (κ3) is 2.96. The molecule has 0 amide bonds. The first-order valence-corrected chi connectivity index (χ1v) is 6.65. The highest BCUT2D eigenvalue weighted by atomic mass is 32.2. The Morgan fingerprint density at radius 2 is 2.24 bits per heavy atom. The van der Waals surface area contributed by atoms with Crippen LogP contribution in [0.4, 0.5) is 5.82 Å². The van der Waals surface area contributed by atoms with Gasteiger partial charge in [-0.05, 0) is 6.92 Å². The van der Waals surface area contributed by atoms with Crippen LogP contribution in [-0.2, 0) is 21.3 Å². The number of aromatic nitrogens is 2. The first-order chi connectivity index (χ1) is 7.93. The number of nitrogens with zero attached hydrogens (tertiary/aromatic N) is 3. The van der Waals surface area contributed by atoms with Crippen LogP contribution in [0.25, 0.3) is 0 Å². The molecule has 17 heavy (non-hydrogen) atoms. The van der Waals surface area contributed by atoms with E-state index in [1.54, 1.807) is 0 Å². The number of anilines is 1. The van der Waals surface area contributed by atoms with E-state index >= 15 is 0 Å². The first kappa shape index (κ1) is 13.9. The molecule has 0 aliphatic carbocycles. The number of methoxy groups -OCH3 is 1. The van der Waals surface area contributed by atoms with E-state index < -0.39 is 10.0 Å². The van der Waals surface area contributed by atoms with Crippen LogP contribution in [0.15, 0.2) is 11.1 Å². The molecule has 0 saturated heterocycles. The predicted molar refractivity (Wildman–Crippen MR) is 64.0 cm³/mol. The Kier molecular flexibility index (Phi) is 4.49. The number of nitrogens with two attached hydrogens (primary N) is 1. The smallest absolute Gasteiger partial charge is 0.248 e. The maximum Gasteiger partial charge on any atom is 0.248 e. The van der Waals surface area contributed by atoms with E-state index in [0.29, 0.717) is 13.2 Å². The topological polar surface area (TPSA) is 90.5 Å². The molecule has 1 aromatic heterocycles. The summed E-state index contributed by atoms with van der Waals surface area (Å²) in [5.74, 6) is 0.0242. The lowest BCUT2D eigenvalue weighted by Crippen LogP contribution is -2.30. The summed E-state index contributed by atoms with van der Waals surface area (Å²) < 4.78 is 31.8. The average Bonchev–Trinajstić information content (AvgIpc) is 2.67. The van der Waals surface area contributed by atoms with Gasteiger partial charge < -0.3 is 10.5 Å². The quantitative estimate of drug-likeness (QED) is 0.763. The summed E-state index contributed by atoms with van der Waals surface area (Å²) in [6.45, 7) is 3.03. The van der Waals surface area contributed by atoms with Crippen molar-refractivity contribution in [2.24, 2.45) is 0 Å². The van der Waals surface area contributed by atoms with Gasteiger partial charge in [0, 0.05) is 33.4 Å². The van der Waals surface area contributed by atoms with E-state index in [1.807, 2.05) is 6.92 Å². The number of nitrogen functional groups attached to an aromatic ring is 1. The van der Waals surface area contributed by atoms with Crippen LogP contribution >= 0.6 is 0 Å². The monoisotopic (exact) mass is 262 g/mol. The Hall–Kier alpha value is -1.12. The Balaban J connectivity index is 2.99. The van der Waals surface area contributed by atoms with Crippen molar-refractivity contribution in [3.8, 4) is 0 Å². The molecule has 7 nitrogen and oxygen atoms in total. The van der Waals surface area contributed by atoms with Crippen molar-refractivity contribution in [3.63, 3.8) is 0 Å². The van der Waals surface area contributed by atoms with Crippen molar-refractivity contribution in [3.05, 3.63) is 6.20 Å². The van der Waals surface area contributed by atoms with Gasteiger partial charge in [-0.2, -0.15) is 9.40 Å². The van der Waals surface area contributed by atoms with Gasteiger partial charge in [-0.1, -0.05) is 0 Å². The van der Waals surface area contributed by atoms with E-state index in [4.69, 9.17) is 10.5 Å². The number of sulfonamides is 1. The molecule has 0 atom stereocenters. The van der Waals surface area contributed by atoms with Gasteiger partial charge >= 0.3 is 0 Å². The molecule has 0 radical (unpaired) electrons. The highest BCUT2D eigenvalue weighted by Crippen LogP contribution is 2.19. The minimum atomic E-state index is -3.59. The number of hydrogen-bond acceptors (Lipinski definition) is 5. The summed E-state index contributed by atoms with van der Waals surface area (Å²) in [7, 11) is -0.585. The van der Waals surface area contributed by atoms with Crippen LogP contribution in [0.5, 0.6) is 0 Å². The van der Waals surface area contributed by atoms with E-state index in [2.05, 4.69) is 5.10 Å². The number of aryl methyl sites for hydroxylation is 1. The molecular weight excluding hydrogens is 244 g/mol. The van der Waals surface area contributed by atoms with Crippen LogP contribution in [0.1, 0.15) is 6.92 Å². The van der Waals surface area contributed by atoms with Crippen LogP contribution in [-0.4, -0.2) is 49.8 Å². The standard InChI is InChI=1S/C9H18N4O3S/c1-4-13-7-8(9(10)11-13)17(14,15)12(2)5-6-16-3/h7H,4-6H2,1-3H3,(H2,10,11). The van der Waals surface area contributed by atoms with Crippen molar-refractivity contribution >= 4 is 15.8 Å². The fourth-order valence-electron chi connectivity index (χ4n) is 1.29. The van der Waals surface area contributed by atoms with Gasteiger partial charge in [-0.3, -0.25) is 4.68 Å². The zero-order valence-corrected chi connectivity index (χ0v) is 11.1. The lowest BCUT2D eigenvalue weighted by molar-refractivity contribution is 0.185. The number of rotatable bonds is 6. The van der Waals surface area contributed by atoms with E-state index in [0.717, 1.165) is 0 Å². The molecule has 0 saturated carbocycles. The second-order valence-electron chi connectivity index (χ2n) is 3.55. The molecule has 0 unspecified atom stereocenters. The molecule has 0 spiro atoms. The van der Waals surface area contributed by atoms with Gasteiger partial charge in [0.1, 0.15) is 4.90 Å². The summed E-state index contributed by atoms with van der Waals surface area (Å²) in [4.78, 5) is 0.0398. The molecule has 0 aliphatic heterocycles. The lowest BCUT2D eigenvalue weighted by atomic mass is 10.6. The molecule has 98 valence electrons. The zero-order chi connectivity index (χ0) is 13.1. The van der Waals surface area contributed by atoms with Gasteiger partial charge in [0.05, 0.1) is 6.61 Å². The van der Waals surface area contributed by atoms with E-state index in [-0.39, 0.29) is 17.3 Å². The highest BCUT2D eigenvalue weighted by molar-refractivity contribution is 7.89.